The van der Waals surface area contributed by atoms with Gasteiger partial charge in [-0.1, -0.05) is 6.92 Å². The highest BCUT2D eigenvalue weighted by Crippen LogP contribution is 2.43. The molecule has 0 saturated heterocycles. The number of hydrogen-bond donors (Lipinski definition) is 3. The topological polar surface area (TPSA) is 79.8 Å². The molecule has 8 heteroatoms. The second-order valence-corrected chi connectivity index (χ2v) is 5.58. The highest BCUT2D eigenvalue weighted by molar-refractivity contribution is 5.77. The molecule has 0 aromatic carbocycles. The lowest BCUT2D eigenvalue weighted by Gasteiger charge is -2.37. The Hall–Kier alpha value is -2.11. The van der Waals surface area contributed by atoms with Crippen molar-refractivity contribution in [1.29, 1.82) is 0 Å². The summed E-state index contributed by atoms with van der Waals surface area (Å²) in [6, 6.07) is -0.549. The number of halogens is 2. The van der Waals surface area contributed by atoms with Crippen LogP contribution in [0.5, 0.6) is 0 Å². The molecule has 24 heavy (non-hydrogen) atoms. The predicted octanol–water partition coefficient (Wildman–Crippen LogP) is 2.14. The standard InChI is InChI=1S/C16H20F2N2O4/c1-3-16(10-4-5-10,13(21)23-2)20-15(22)19-11-6-8-12(9-7-11)24-14(17)18/h6,8,10,13-14,21H,3-5H2,1-2H3,(H2,19,20,22). The molecule has 0 aromatic rings. The molecule has 2 rings (SSSR count). The van der Waals surface area contributed by atoms with E-state index in [1.54, 1.807) is 0 Å². The number of carbonyl (C=O) groups excluding carboxylic acids is 1. The summed E-state index contributed by atoms with van der Waals surface area (Å²) in [6.45, 7) is -1.09. The zero-order valence-corrected chi connectivity index (χ0v) is 13.4. The molecule has 0 radical (unpaired) electrons. The average Bonchev–Trinajstić information content (AvgIpc) is 3.38. The number of carbonyl (C=O) groups is 1. The largest absolute Gasteiger partial charge is 0.426 e. The summed E-state index contributed by atoms with van der Waals surface area (Å²) in [7, 11) is 1.38. The van der Waals surface area contributed by atoms with Gasteiger partial charge in [-0.2, -0.15) is 8.78 Å². The molecule has 1 saturated carbocycles. The molecule has 2 aliphatic carbocycles. The lowest BCUT2D eigenvalue weighted by molar-refractivity contribution is -0.138. The van der Waals surface area contributed by atoms with Gasteiger partial charge in [-0.25, -0.2) is 4.79 Å². The third-order valence-electron chi connectivity index (χ3n) is 4.09. The van der Waals surface area contributed by atoms with Gasteiger partial charge in [0.15, 0.2) is 12.0 Å². The summed E-state index contributed by atoms with van der Waals surface area (Å²) in [4.78, 5) is 12.2. The summed E-state index contributed by atoms with van der Waals surface area (Å²) < 4.78 is 33.3. The zero-order chi connectivity index (χ0) is 17.7. The van der Waals surface area contributed by atoms with Crippen LogP contribution in [0.4, 0.5) is 13.6 Å². The minimum atomic E-state index is -2.95. The Balaban J connectivity index is 2.06. The van der Waals surface area contributed by atoms with Crippen LogP contribution in [-0.4, -0.2) is 36.7 Å². The van der Waals surface area contributed by atoms with Crippen molar-refractivity contribution in [3.63, 3.8) is 0 Å². The molecule has 0 aliphatic heterocycles. The molecule has 0 heterocycles. The summed E-state index contributed by atoms with van der Waals surface area (Å²) in [5, 5.41) is 15.5. The molecule has 0 aromatic heterocycles. The van der Waals surface area contributed by atoms with Crippen LogP contribution < -0.4 is 10.6 Å². The van der Waals surface area contributed by atoms with Crippen LogP contribution in [0.3, 0.4) is 0 Å². The maximum Gasteiger partial charge on any atom is 0.388 e. The van der Waals surface area contributed by atoms with E-state index >= 15 is 0 Å². The van der Waals surface area contributed by atoms with Gasteiger partial charge >= 0.3 is 12.6 Å². The highest BCUT2D eigenvalue weighted by Gasteiger charge is 2.50. The van der Waals surface area contributed by atoms with E-state index in [0.717, 1.165) is 12.8 Å². The molecule has 2 unspecified atom stereocenters. The molecule has 6 nitrogen and oxygen atoms in total. The van der Waals surface area contributed by atoms with Crippen molar-refractivity contribution in [2.24, 2.45) is 5.92 Å². The first-order chi connectivity index (χ1) is 11.4. The Kier molecular flexibility index (Phi) is 5.80. The van der Waals surface area contributed by atoms with Gasteiger partial charge in [-0.3, -0.25) is 0 Å². The van der Waals surface area contributed by atoms with Crippen molar-refractivity contribution in [2.45, 2.75) is 44.6 Å². The molecule has 3 N–H and O–H groups in total. The van der Waals surface area contributed by atoms with Gasteiger partial charge in [0, 0.05) is 7.11 Å². The second-order valence-electron chi connectivity index (χ2n) is 5.58. The molecule has 0 bridgehead atoms. The lowest BCUT2D eigenvalue weighted by atomic mass is 9.89. The van der Waals surface area contributed by atoms with E-state index in [9.17, 15) is 18.7 Å². The van der Waals surface area contributed by atoms with Gasteiger partial charge in [0.25, 0.3) is 0 Å². The number of alkyl halides is 2. The lowest BCUT2D eigenvalue weighted by Crippen LogP contribution is -2.60. The second kappa shape index (κ2) is 7.64. The molecule has 2 amide bonds. The van der Waals surface area contributed by atoms with Crippen molar-refractivity contribution in [3.8, 4) is 0 Å². The Morgan fingerprint density at radius 1 is 1.46 bits per heavy atom. The number of aliphatic hydroxyl groups is 1. The number of aliphatic hydroxyl groups excluding tert-OH is 1. The van der Waals surface area contributed by atoms with Gasteiger partial charge in [0.05, 0.1) is 11.2 Å². The van der Waals surface area contributed by atoms with Crippen molar-refractivity contribution in [1.82, 2.24) is 10.6 Å². The van der Waals surface area contributed by atoms with Crippen molar-refractivity contribution < 1.29 is 28.2 Å². The van der Waals surface area contributed by atoms with E-state index in [2.05, 4.69) is 26.8 Å². The van der Waals surface area contributed by atoms with Gasteiger partial charge in [-0.15, -0.1) is 0 Å². The first-order valence-electron chi connectivity index (χ1n) is 7.60. The van der Waals surface area contributed by atoms with Crippen LogP contribution in [0.25, 0.3) is 0 Å². The summed E-state index contributed by atoms with van der Waals surface area (Å²) in [5.74, 6) is -0.0350. The van der Waals surface area contributed by atoms with E-state index in [0.29, 0.717) is 6.42 Å². The van der Waals surface area contributed by atoms with E-state index in [4.69, 9.17) is 4.74 Å². The Morgan fingerprint density at radius 3 is 2.62 bits per heavy atom. The number of nitrogens with one attached hydrogen (secondary N) is 2. The number of hydrogen-bond acceptors (Lipinski definition) is 4. The minimum absolute atomic E-state index is 0.139. The van der Waals surface area contributed by atoms with Crippen LogP contribution in [0, 0.1) is 5.92 Å². The Morgan fingerprint density at radius 2 is 2.17 bits per heavy atom. The molecule has 2 atom stereocenters. The number of methoxy groups -OCH3 is 1. The molecule has 0 spiro atoms. The zero-order valence-electron chi connectivity index (χ0n) is 13.4. The highest BCUT2D eigenvalue weighted by atomic mass is 19.3. The summed E-state index contributed by atoms with van der Waals surface area (Å²) >= 11 is 0. The van der Waals surface area contributed by atoms with E-state index in [1.165, 1.54) is 19.3 Å². The SMILES string of the molecule is CCC(NC(=O)NC1=C=C=C(OC(F)F)C=C1)(C1CC1)C(O)OC. The van der Waals surface area contributed by atoms with Crippen LogP contribution in [0.15, 0.2) is 35.1 Å². The van der Waals surface area contributed by atoms with Crippen molar-refractivity contribution in [2.75, 3.05) is 7.11 Å². The monoisotopic (exact) mass is 342 g/mol. The fourth-order valence-corrected chi connectivity index (χ4v) is 2.70. The first-order valence-corrected chi connectivity index (χ1v) is 7.60. The van der Waals surface area contributed by atoms with E-state index in [1.807, 2.05) is 6.92 Å². The smallest absolute Gasteiger partial charge is 0.388 e. The van der Waals surface area contributed by atoms with Crippen LogP contribution in [0.1, 0.15) is 26.2 Å². The number of amides is 2. The normalized spacial score (nSPS) is 20.1. The average molecular weight is 342 g/mol. The third-order valence-corrected chi connectivity index (χ3v) is 4.09. The maximum absolute atomic E-state index is 12.2. The Labute approximate surface area is 138 Å². The molecular formula is C16H20F2N2O4. The first kappa shape index (κ1) is 18.2. The Bertz CT molecular complexity index is 618. The predicted molar refractivity (Wildman–Crippen MR) is 80.7 cm³/mol. The van der Waals surface area contributed by atoms with Crippen LogP contribution in [0.2, 0.25) is 0 Å². The fraction of sp³-hybridized carbons (Fsp3) is 0.562. The van der Waals surface area contributed by atoms with Gasteiger partial charge in [0.1, 0.15) is 0 Å². The van der Waals surface area contributed by atoms with E-state index < -0.39 is 24.5 Å². The molecule has 2 aliphatic rings. The van der Waals surface area contributed by atoms with Crippen LogP contribution in [-0.2, 0) is 9.47 Å². The van der Waals surface area contributed by atoms with Crippen molar-refractivity contribution >= 4 is 6.03 Å². The molecule has 1 fully saturated rings. The number of allylic oxidation sites excluding steroid dienone is 2. The summed E-state index contributed by atoms with van der Waals surface area (Å²) in [5.41, 5.74) is 4.26. The number of ether oxygens (including phenoxy) is 2. The number of rotatable bonds is 8. The maximum atomic E-state index is 12.2. The molecule has 132 valence electrons. The minimum Gasteiger partial charge on any atom is -0.426 e. The molecular weight excluding hydrogens is 322 g/mol. The van der Waals surface area contributed by atoms with Gasteiger partial charge in [-0.05, 0) is 48.8 Å². The van der Waals surface area contributed by atoms with Crippen LogP contribution >= 0.6 is 0 Å². The van der Waals surface area contributed by atoms with Crippen molar-refractivity contribution in [3.05, 3.63) is 35.1 Å². The number of urea groups is 1. The third kappa shape index (κ3) is 4.24. The fourth-order valence-electron chi connectivity index (χ4n) is 2.70. The van der Waals surface area contributed by atoms with Gasteiger partial charge in [0.2, 0.25) is 0 Å². The van der Waals surface area contributed by atoms with E-state index in [-0.39, 0.29) is 17.4 Å². The van der Waals surface area contributed by atoms with Gasteiger partial charge < -0.3 is 25.2 Å². The summed E-state index contributed by atoms with van der Waals surface area (Å²) in [6.07, 6.45) is 3.78. The quantitative estimate of drug-likeness (QED) is 0.466.